The lowest BCUT2D eigenvalue weighted by molar-refractivity contribution is 0.00991. The molecule has 1 aliphatic rings. The molecule has 29 heavy (non-hydrogen) atoms. The van der Waals surface area contributed by atoms with Crippen molar-refractivity contribution in [3.05, 3.63) is 35.6 Å². The van der Waals surface area contributed by atoms with Gasteiger partial charge in [0.2, 0.25) is 0 Å². The predicted molar refractivity (Wildman–Crippen MR) is 123 cm³/mol. The third-order valence-electron chi connectivity index (χ3n) is 4.61. The van der Waals surface area contributed by atoms with Crippen molar-refractivity contribution in [1.29, 1.82) is 0 Å². The minimum atomic E-state index is -0.518. The van der Waals surface area contributed by atoms with Crippen LogP contribution in [0.4, 0.5) is 4.39 Å². The van der Waals surface area contributed by atoms with Crippen LogP contribution < -0.4 is 10.6 Å². The van der Waals surface area contributed by atoms with Crippen molar-refractivity contribution in [2.75, 3.05) is 53.6 Å². The number of likely N-dealkylation sites (tertiary alicyclic amines) is 1. The van der Waals surface area contributed by atoms with E-state index < -0.39 is 11.7 Å². The smallest absolute Gasteiger partial charge is 0.254 e. The summed E-state index contributed by atoms with van der Waals surface area (Å²) in [6.45, 7) is 4.09. The highest BCUT2D eigenvalue weighted by Crippen LogP contribution is 2.14. The van der Waals surface area contributed by atoms with Gasteiger partial charge in [-0.15, -0.1) is 24.0 Å². The third-order valence-corrected chi connectivity index (χ3v) is 4.61. The fourth-order valence-corrected chi connectivity index (χ4v) is 3.11. The highest BCUT2D eigenvalue weighted by atomic mass is 127. The Morgan fingerprint density at radius 3 is 2.55 bits per heavy atom. The second kappa shape index (κ2) is 14.5. The van der Waals surface area contributed by atoms with Crippen molar-refractivity contribution in [2.24, 2.45) is 4.99 Å². The molecule has 1 heterocycles. The fourth-order valence-electron chi connectivity index (χ4n) is 3.11. The molecular formula is C20H32FIN4O3. The molecule has 0 saturated carbocycles. The molecule has 1 amide bonds. The van der Waals surface area contributed by atoms with Crippen LogP contribution in [-0.4, -0.2) is 76.4 Å². The van der Waals surface area contributed by atoms with Crippen LogP contribution in [0.5, 0.6) is 0 Å². The van der Waals surface area contributed by atoms with Gasteiger partial charge < -0.3 is 25.0 Å². The monoisotopic (exact) mass is 522 g/mol. The number of halogens is 2. The highest BCUT2D eigenvalue weighted by molar-refractivity contribution is 14.0. The van der Waals surface area contributed by atoms with Crippen LogP contribution in [0, 0.1) is 5.82 Å². The van der Waals surface area contributed by atoms with E-state index in [1.165, 1.54) is 12.1 Å². The Kier molecular flexibility index (Phi) is 12.8. The Morgan fingerprint density at radius 1 is 1.21 bits per heavy atom. The van der Waals surface area contributed by atoms with Crippen LogP contribution in [0.1, 0.15) is 29.6 Å². The molecule has 1 aromatic rings. The molecular weight excluding hydrogens is 490 g/mol. The van der Waals surface area contributed by atoms with Gasteiger partial charge in [0.25, 0.3) is 5.91 Å². The molecule has 0 bridgehead atoms. The standard InChI is InChI=1S/C20H31FN4O3.HI/c1-22-20(25-12-8-16(9-13-25)28-15-5-14-27-2)24-11-10-23-19(26)17-6-3-4-7-18(17)21;/h3-4,6-7,16H,5,8-15H2,1-2H3,(H,22,24)(H,23,26);1H. The zero-order chi connectivity index (χ0) is 20.2. The van der Waals surface area contributed by atoms with Crippen molar-refractivity contribution in [3.8, 4) is 0 Å². The summed E-state index contributed by atoms with van der Waals surface area (Å²) in [5, 5.41) is 5.96. The summed E-state index contributed by atoms with van der Waals surface area (Å²) in [4.78, 5) is 18.5. The Balaban J connectivity index is 0.00000420. The number of benzene rings is 1. The van der Waals surface area contributed by atoms with Crippen molar-refractivity contribution >= 4 is 35.8 Å². The molecule has 0 atom stereocenters. The minimum absolute atomic E-state index is 0. The van der Waals surface area contributed by atoms with Crippen molar-refractivity contribution in [3.63, 3.8) is 0 Å². The van der Waals surface area contributed by atoms with Crippen LogP contribution in [-0.2, 0) is 9.47 Å². The van der Waals surface area contributed by atoms with Crippen molar-refractivity contribution in [1.82, 2.24) is 15.5 Å². The first-order valence-electron chi connectivity index (χ1n) is 9.74. The van der Waals surface area contributed by atoms with E-state index in [0.29, 0.717) is 13.1 Å². The Labute approximate surface area is 189 Å². The van der Waals surface area contributed by atoms with E-state index >= 15 is 0 Å². The van der Waals surface area contributed by atoms with Crippen LogP contribution in [0.3, 0.4) is 0 Å². The van der Waals surface area contributed by atoms with Crippen molar-refractivity contribution < 1.29 is 18.7 Å². The lowest BCUT2D eigenvalue weighted by atomic mass is 10.1. The number of guanidine groups is 1. The van der Waals surface area contributed by atoms with Gasteiger partial charge in [-0.25, -0.2) is 4.39 Å². The Bertz CT molecular complexity index is 640. The highest BCUT2D eigenvalue weighted by Gasteiger charge is 2.21. The fraction of sp³-hybridized carbons (Fsp3) is 0.600. The van der Waals surface area contributed by atoms with Gasteiger partial charge >= 0.3 is 0 Å². The number of piperidine rings is 1. The van der Waals surface area contributed by atoms with Gasteiger partial charge in [-0.1, -0.05) is 12.1 Å². The molecule has 9 heteroatoms. The summed E-state index contributed by atoms with van der Waals surface area (Å²) >= 11 is 0. The van der Waals surface area contributed by atoms with Crippen LogP contribution >= 0.6 is 24.0 Å². The largest absolute Gasteiger partial charge is 0.385 e. The summed E-state index contributed by atoms with van der Waals surface area (Å²) in [5.74, 6) is -0.129. The summed E-state index contributed by atoms with van der Waals surface area (Å²) in [7, 11) is 3.44. The quantitative estimate of drug-likeness (QED) is 0.225. The normalized spacial score (nSPS) is 15.0. The molecule has 0 radical (unpaired) electrons. The number of carbonyl (C=O) groups excluding carboxylic acids is 1. The number of hydrogen-bond donors (Lipinski definition) is 2. The van der Waals surface area contributed by atoms with Gasteiger partial charge in [-0.2, -0.15) is 0 Å². The van der Waals surface area contributed by atoms with Crippen LogP contribution in [0.25, 0.3) is 0 Å². The molecule has 1 fully saturated rings. The van der Waals surface area contributed by atoms with E-state index in [1.54, 1.807) is 26.3 Å². The zero-order valence-electron chi connectivity index (χ0n) is 17.2. The number of methoxy groups -OCH3 is 1. The molecule has 2 rings (SSSR count). The molecule has 0 aromatic heterocycles. The summed E-state index contributed by atoms with van der Waals surface area (Å²) in [6.07, 6.45) is 3.11. The summed E-state index contributed by atoms with van der Waals surface area (Å²) in [5.41, 5.74) is 0.0550. The minimum Gasteiger partial charge on any atom is -0.385 e. The molecule has 0 spiro atoms. The average molecular weight is 522 g/mol. The number of amides is 1. The molecule has 0 aliphatic carbocycles. The Morgan fingerprint density at radius 2 is 1.90 bits per heavy atom. The zero-order valence-corrected chi connectivity index (χ0v) is 19.5. The molecule has 2 N–H and O–H groups in total. The van der Waals surface area contributed by atoms with E-state index in [0.717, 1.165) is 51.5 Å². The molecule has 1 aromatic carbocycles. The van der Waals surface area contributed by atoms with Gasteiger partial charge in [0.05, 0.1) is 11.7 Å². The van der Waals surface area contributed by atoms with Gasteiger partial charge in [0.15, 0.2) is 5.96 Å². The van der Waals surface area contributed by atoms with Crippen molar-refractivity contribution in [2.45, 2.75) is 25.4 Å². The number of rotatable bonds is 9. The van der Waals surface area contributed by atoms with Gasteiger partial charge in [-0.3, -0.25) is 9.79 Å². The molecule has 7 nitrogen and oxygen atoms in total. The van der Waals surface area contributed by atoms with E-state index in [4.69, 9.17) is 9.47 Å². The first-order valence-corrected chi connectivity index (χ1v) is 9.74. The topological polar surface area (TPSA) is 75.2 Å². The lowest BCUT2D eigenvalue weighted by Crippen LogP contribution is -2.48. The van der Waals surface area contributed by atoms with Gasteiger partial charge in [0, 0.05) is 53.6 Å². The third kappa shape index (κ3) is 8.83. The number of carbonyl (C=O) groups is 1. The Hall–Kier alpha value is -1.46. The van der Waals surface area contributed by atoms with E-state index in [9.17, 15) is 9.18 Å². The molecule has 1 saturated heterocycles. The first kappa shape index (κ1) is 25.6. The van der Waals surface area contributed by atoms with Crippen LogP contribution in [0.15, 0.2) is 29.3 Å². The second-order valence-electron chi connectivity index (χ2n) is 6.61. The lowest BCUT2D eigenvalue weighted by Gasteiger charge is -2.34. The first-order chi connectivity index (χ1) is 13.7. The maximum atomic E-state index is 13.6. The average Bonchev–Trinajstić information content (AvgIpc) is 2.72. The maximum absolute atomic E-state index is 13.6. The number of hydrogen-bond acceptors (Lipinski definition) is 4. The number of nitrogens with zero attached hydrogens (tertiary/aromatic N) is 2. The molecule has 164 valence electrons. The number of aliphatic imine (C=N–C) groups is 1. The van der Waals surface area contributed by atoms with E-state index in [2.05, 4.69) is 20.5 Å². The number of ether oxygens (including phenoxy) is 2. The van der Waals surface area contributed by atoms with Crippen LogP contribution in [0.2, 0.25) is 0 Å². The van der Waals surface area contributed by atoms with Gasteiger partial charge in [0.1, 0.15) is 5.82 Å². The van der Waals surface area contributed by atoms with Gasteiger partial charge in [-0.05, 0) is 31.4 Å². The SMILES string of the molecule is CN=C(NCCNC(=O)c1ccccc1F)N1CCC(OCCCOC)CC1.I. The molecule has 0 unspecified atom stereocenters. The summed E-state index contributed by atoms with van der Waals surface area (Å²) in [6, 6.07) is 5.95. The summed E-state index contributed by atoms with van der Waals surface area (Å²) < 4.78 is 24.5. The second-order valence-corrected chi connectivity index (χ2v) is 6.61. The predicted octanol–water partition coefficient (Wildman–Crippen LogP) is 2.27. The molecule has 1 aliphatic heterocycles. The maximum Gasteiger partial charge on any atom is 0.254 e. The van der Waals surface area contributed by atoms with E-state index in [1.807, 2.05) is 0 Å². The number of nitrogens with one attached hydrogen (secondary N) is 2. The van der Waals surface area contributed by atoms with E-state index in [-0.39, 0.29) is 35.6 Å².